The van der Waals surface area contributed by atoms with Crippen molar-refractivity contribution in [2.24, 2.45) is 0 Å². The molecule has 0 bridgehead atoms. The third-order valence-corrected chi connectivity index (χ3v) is 6.02. The number of aliphatic carboxylic acids is 1. The van der Waals surface area contributed by atoms with E-state index in [-0.39, 0.29) is 12.4 Å². The number of halogens is 5. The van der Waals surface area contributed by atoms with Crippen LogP contribution in [-0.4, -0.2) is 65.5 Å². The fraction of sp³-hybridized carbons (Fsp3) is 0.500. The lowest BCUT2D eigenvalue weighted by Crippen LogP contribution is -2.22. The summed E-state index contributed by atoms with van der Waals surface area (Å²) in [7, 11) is 0. The Morgan fingerprint density at radius 2 is 1.59 bits per heavy atom. The Bertz CT molecular complexity index is 976. The average molecular weight is 600 g/mol. The van der Waals surface area contributed by atoms with Crippen LogP contribution in [0.25, 0.3) is 0 Å². The predicted octanol–water partition coefficient (Wildman–Crippen LogP) is 5.24. The molecular weight excluding hydrogens is 566 g/mol. The van der Waals surface area contributed by atoms with E-state index in [4.69, 9.17) is 42.6 Å². The maximum Gasteiger partial charge on any atom is 0.490 e. The molecule has 0 saturated heterocycles. The topological polar surface area (TPSA) is 128 Å². The Balaban J connectivity index is 0.000000956. The molecule has 13 heteroatoms. The second kappa shape index (κ2) is 19.0. The van der Waals surface area contributed by atoms with Crippen molar-refractivity contribution in [2.75, 3.05) is 32.9 Å². The number of aliphatic hydroxyl groups excluding tert-OH is 2. The molecule has 0 fully saturated rings. The molecule has 8 nitrogen and oxygen atoms in total. The molecule has 2 aromatic carbocycles. The van der Waals surface area contributed by atoms with Gasteiger partial charge in [-0.25, -0.2) is 4.79 Å². The summed E-state index contributed by atoms with van der Waals surface area (Å²) in [6.45, 7) is 3.11. The number of carbonyl (C=O) groups is 1. The smallest absolute Gasteiger partial charge is 0.490 e. The third kappa shape index (κ3) is 14.7. The molecule has 0 saturated carbocycles. The summed E-state index contributed by atoms with van der Waals surface area (Å²) in [6, 6.07) is 10.2. The van der Waals surface area contributed by atoms with Gasteiger partial charge in [0.15, 0.2) is 0 Å². The largest absolute Gasteiger partial charge is 0.508 e. The SMILES string of the molecule is O=C(O)C(F)(F)F.OCc1cc(C(O)CNCCCCCCOCCOCc2c(Cl)cccc2Cl)ccc1O. The summed E-state index contributed by atoms with van der Waals surface area (Å²) < 4.78 is 42.9. The first-order valence-corrected chi connectivity index (χ1v) is 12.9. The number of phenols is 1. The Morgan fingerprint density at radius 1 is 0.974 bits per heavy atom. The number of unbranched alkanes of at least 4 members (excludes halogenated alkanes) is 3. The van der Waals surface area contributed by atoms with E-state index in [1.54, 1.807) is 24.3 Å². The summed E-state index contributed by atoms with van der Waals surface area (Å²) in [5.41, 5.74) is 1.89. The van der Waals surface area contributed by atoms with E-state index >= 15 is 0 Å². The monoisotopic (exact) mass is 599 g/mol. The Morgan fingerprint density at radius 3 is 2.21 bits per heavy atom. The fourth-order valence-electron chi connectivity index (χ4n) is 3.17. The van der Waals surface area contributed by atoms with E-state index in [2.05, 4.69) is 5.32 Å². The minimum atomic E-state index is -5.08. The lowest BCUT2D eigenvalue weighted by atomic mass is 10.1. The van der Waals surface area contributed by atoms with Crippen molar-refractivity contribution < 1.29 is 47.9 Å². The number of alkyl halides is 3. The van der Waals surface area contributed by atoms with Gasteiger partial charge in [-0.2, -0.15) is 13.2 Å². The molecule has 0 aliphatic rings. The van der Waals surface area contributed by atoms with Gasteiger partial charge in [0.1, 0.15) is 5.75 Å². The Labute approximate surface area is 235 Å². The number of carboxylic acids is 1. The summed E-state index contributed by atoms with van der Waals surface area (Å²) in [5, 5.41) is 40.6. The molecule has 0 heterocycles. The number of carboxylic acid groups (broad SMARTS) is 1. The lowest BCUT2D eigenvalue weighted by Gasteiger charge is -2.14. The van der Waals surface area contributed by atoms with E-state index in [1.165, 1.54) is 6.07 Å². The maximum atomic E-state index is 10.6. The van der Waals surface area contributed by atoms with E-state index in [1.807, 2.05) is 6.07 Å². The Kier molecular flexibility index (Phi) is 17.0. The van der Waals surface area contributed by atoms with Crippen LogP contribution in [-0.2, 0) is 27.5 Å². The molecule has 1 unspecified atom stereocenters. The first-order valence-electron chi connectivity index (χ1n) is 12.2. The second-order valence-electron chi connectivity index (χ2n) is 8.35. The van der Waals surface area contributed by atoms with E-state index < -0.39 is 18.2 Å². The van der Waals surface area contributed by atoms with Crippen molar-refractivity contribution >= 4 is 29.2 Å². The molecule has 0 amide bonds. The van der Waals surface area contributed by atoms with Gasteiger partial charge in [-0.05, 0) is 49.2 Å². The molecule has 0 aliphatic heterocycles. The van der Waals surface area contributed by atoms with Crippen molar-refractivity contribution in [3.63, 3.8) is 0 Å². The summed E-state index contributed by atoms with van der Waals surface area (Å²) in [4.78, 5) is 8.90. The number of nitrogens with one attached hydrogen (secondary N) is 1. The first-order chi connectivity index (χ1) is 18.5. The molecule has 220 valence electrons. The van der Waals surface area contributed by atoms with Crippen LogP contribution in [0.15, 0.2) is 36.4 Å². The lowest BCUT2D eigenvalue weighted by molar-refractivity contribution is -0.192. The van der Waals surface area contributed by atoms with Crippen LogP contribution < -0.4 is 5.32 Å². The fourth-order valence-corrected chi connectivity index (χ4v) is 3.67. The van der Waals surface area contributed by atoms with Crippen molar-refractivity contribution in [2.45, 2.75) is 51.2 Å². The first kappa shape index (κ1) is 34.9. The normalized spacial score (nSPS) is 12.1. The quantitative estimate of drug-likeness (QED) is 0.166. The number of rotatable bonds is 16. The molecule has 0 radical (unpaired) electrons. The number of hydrogen-bond donors (Lipinski definition) is 5. The van der Waals surface area contributed by atoms with Crippen molar-refractivity contribution in [1.29, 1.82) is 0 Å². The highest BCUT2D eigenvalue weighted by atomic mass is 35.5. The zero-order valence-corrected chi connectivity index (χ0v) is 22.7. The van der Waals surface area contributed by atoms with Gasteiger partial charge in [-0.15, -0.1) is 0 Å². The molecule has 0 aliphatic carbocycles. The van der Waals surface area contributed by atoms with Gasteiger partial charge >= 0.3 is 12.1 Å². The molecule has 0 spiro atoms. The van der Waals surface area contributed by atoms with E-state index in [0.717, 1.165) is 37.8 Å². The Hall–Kier alpha value is -2.12. The van der Waals surface area contributed by atoms with Gasteiger partial charge in [0.2, 0.25) is 0 Å². The van der Waals surface area contributed by atoms with Gasteiger partial charge in [0, 0.05) is 34.3 Å². The zero-order chi connectivity index (χ0) is 29.3. The second-order valence-corrected chi connectivity index (χ2v) is 9.16. The van der Waals surface area contributed by atoms with Crippen LogP contribution in [0, 0.1) is 0 Å². The number of benzene rings is 2. The van der Waals surface area contributed by atoms with E-state index in [9.17, 15) is 28.5 Å². The maximum absolute atomic E-state index is 10.6. The van der Waals surface area contributed by atoms with Gasteiger partial charge in [-0.1, -0.05) is 48.2 Å². The summed E-state index contributed by atoms with van der Waals surface area (Å²) in [6.07, 6.45) is -1.58. The summed E-state index contributed by atoms with van der Waals surface area (Å²) >= 11 is 12.2. The summed E-state index contributed by atoms with van der Waals surface area (Å²) in [5.74, 6) is -2.72. The van der Waals surface area contributed by atoms with Crippen molar-refractivity contribution in [3.8, 4) is 5.75 Å². The van der Waals surface area contributed by atoms with Gasteiger partial charge in [0.05, 0.1) is 32.5 Å². The highest BCUT2D eigenvalue weighted by Gasteiger charge is 2.38. The molecular formula is C26H34Cl2F3NO7. The van der Waals surface area contributed by atoms with Gasteiger partial charge < -0.3 is 35.2 Å². The average Bonchev–Trinajstić information content (AvgIpc) is 2.88. The molecule has 5 N–H and O–H groups in total. The predicted molar refractivity (Wildman–Crippen MR) is 141 cm³/mol. The van der Waals surface area contributed by atoms with Crippen LogP contribution in [0.3, 0.4) is 0 Å². The molecule has 2 rings (SSSR count). The highest BCUT2D eigenvalue weighted by Crippen LogP contribution is 2.25. The zero-order valence-electron chi connectivity index (χ0n) is 21.2. The minimum absolute atomic E-state index is 0.0370. The van der Waals surface area contributed by atoms with Gasteiger partial charge in [-0.3, -0.25) is 0 Å². The molecule has 39 heavy (non-hydrogen) atoms. The minimum Gasteiger partial charge on any atom is -0.508 e. The van der Waals surface area contributed by atoms with Crippen LogP contribution >= 0.6 is 23.2 Å². The van der Waals surface area contributed by atoms with Gasteiger partial charge in [0.25, 0.3) is 0 Å². The number of aliphatic hydroxyl groups is 2. The number of aromatic hydroxyl groups is 1. The number of hydrogen-bond acceptors (Lipinski definition) is 7. The standard InChI is InChI=1S/C24H33Cl2NO5.C2HF3O2/c25-21-6-5-7-22(26)20(21)17-32-13-12-31-11-4-2-1-3-10-27-15-24(30)18-8-9-23(29)19(14-18)16-28;3-2(4,5)1(6)7/h5-9,14,24,27-30H,1-4,10-13,15-17H2;(H,6,7). The van der Waals surface area contributed by atoms with Crippen LogP contribution in [0.2, 0.25) is 10.0 Å². The van der Waals surface area contributed by atoms with Crippen LogP contribution in [0.5, 0.6) is 5.75 Å². The van der Waals surface area contributed by atoms with Crippen molar-refractivity contribution in [1.82, 2.24) is 5.32 Å². The number of ether oxygens (including phenoxy) is 2. The highest BCUT2D eigenvalue weighted by molar-refractivity contribution is 6.35. The van der Waals surface area contributed by atoms with Crippen LogP contribution in [0.4, 0.5) is 13.2 Å². The molecule has 1 atom stereocenters. The van der Waals surface area contributed by atoms with Crippen molar-refractivity contribution in [3.05, 3.63) is 63.1 Å². The van der Waals surface area contributed by atoms with E-state index in [0.29, 0.717) is 54.1 Å². The molecule has 2 aromatic rings. The molecule has 0 aromatic heterocycles. The van der Waals surface area contributed by atoms with Crippen LogP contribution in [0.1, 0.15) is 48.5 Å². The third-order valence-electron chi connectivity index (χ3n) is 5.31.